The zero-order valence-corrected chi connectivity index (χ0v) is 17.3. The predicted molar refractivity (Wildman–Crippen MR) is 112 cm³/mol. The van der Waals surface area contributed by atoms with Crippen LogP contribution in [0.15, 0.2) is 64.9 Å². The summed E-state index contributed by atoms with van der Waals surface area (Å²) in [7, 11) is -3.56. The van der Waals surface area contributed by atoms with Crippen molar-refractivity contribution in [1.29, 1.82) is 0 Å². The Kier molecular flexibility index (Phi) is 5.29. The second kappa shape index (κ2) is 7.88. The number of rotatable bonds is 5. The first-order chi connectivity index (χ1) is 13.9. The predicted octanol–water partition coefficient (Wildman–Crippen LogP) is 3.77. The van der Waals surface area contributed by atoms with E-state index in [4.69, 9.17) is 9.47 Å². The van der Waals surface area contributed by atoms with Gasteiger partial charge in [-0.05, 0) is 35.7 Å². The molecule has 1 aliphatic heterocycles. The smallest absolute Gasteiger partial charge is 0.259 e. The molecule has 0 aliphatic carbocycles. The van der Waals surface area contributed by atoms with E-state index in [1.807, 2.05) is 17.5 Å². The molecule has 4 rings (SSSR count). The molecule has 0 atom stereocenters. The number of benzene rings is 2. The molecule has 2 aromatic carbocycles. The van der Waals surface area contributed by atoms with Crippen molar-refractivity contribution in [3.05, 3.63) is 70.4 Å². The van der Waals surface area contributed by atoms with Gasteiger partial charge < -0.3 is 14.4 Å². The van der Waals surface area contributed by atoms with Crippen molar-refractivity contribution in [2.24, 2.45) is 0 Å². The van der Waals surface area contributed by atoms with Gasteiger partial charge in [0.15, 0.2) is 21.3 Å². The number of thiophene rings is 1. The van der Waals surface area contributed by atoms with E-state index in [1.165, 1.54) is 23.5 Å². The number of fused-ring (bicyclic) bond motifs is 1. The quantitative estimate of drug-likeness (QED) is 0.617. The van der Waals surface area contributed by atoms with E-state index in [0.717, 1.165) is 11.1 Å². The molecule has 8 heteroatoms. The first-order valence-corrected chi connectivity index (χ1v) is 11.7. The molecule has 1 amide bonds. The second-order valence-corrected chi connectivity index (χ2v) is 9.58. The molecule has 1 aliphatic rings. The Morgan fingerprint density at radius 3 is 2.52 bits per heavy atom. The van der Waals surface area contributed by atoms with Gasteiger partial charge in [-0.25, -0.2) is 8.42 Å². The SMILES string of the molecule is CS(=O)(=O)c1ccccc1C(=O)N(Cc1cccs1)c1ccc2c(c1)OCCO2. The summed E-state index contributed by atoms with van der Waals surface area (Å²) >= 11 is 1.53. The average molecular weight is 430 g/mol. The Bertz CT molecular complexity index is 1140. The number of hydrogen-bond acceptors (Lipinski definition) is 6. The van der Waals surface area contributed by atoms with E-state index in [1.54, 1.807) is 35.2 Å². The second-order valence-electron chi connectivity index (χ2n) is 6.57. The van der Waals surface area contributed by atoms with Gasteiger partial charge in [0.05, 0.1) is 17.0 Å². The van der Waals surface area contributed by atoms with Gasteiger partial charge in [-0.1, -0.05) is 18.2 Å². The van der Waals surface area contributed by atoms with Crippen LogP contribution in [-0.2, 0) is 16.4 Å². The molecule has 0 saturated heterocycles. The van der Waals surface area contributed by atoms with E-state index < -0.39 is 15.7 Å². The molecule has 0 saturated carbocycles. The number of hydrogen-bond donors (Lipinski definition) is 0. The fourth-order valence-electron chi connectivity index (χ4n) is 3.15. The monoisotopic (exact) mass is 429 g/mol. The van der Waals surface area contributed by atoms with Gasteiger partial charge in [0.2, 0.25) is 0 Å². The molecule has 1 aromatic heterocycles. The van der Waals surface area contributed by atoms with Crippen LogP contribution < -0.4 is 14.4 Å². The maximum atomic E-state index is 13.5. The van der Waals surface area contributed by atoms with Crippen molar-refractivity contribution in [1.82, 2.24) is 0 Å². The summed E-state index contributed by atoms with van der Waals surface area (Å²) in [4.78, 5) is 16.1. The third kappa shape index (κ3) is 4.13. The van der Waals surface area contributed by atoms with E-state index in [9.17, 15) is 13.2 Å². The minimum atomic E-state index is -3.56. The Labute approximate surface area is 173 Å². The molecule has 0 N–H and O–H groups in total. The highest BCUT2D eigenvalue weighted by Crippen LogP contribution is 2.35. The van der Waals surface area contributed by atoms with Crippen LogP contribution in [0.3, 0.4) is 0 Å². The molecule has 2 heterocycles. The largest absolute Gasteiger partial charge is 0.486 e. The fourth-order valence-corrected chi connectivity index (χ4v) is 4.72. The number of ether oxygens (including phenoxy) is 2. The summed E-state index contributed by atoms with van der Waals surface area (Å²) in [6, 6.07) is 15.4. The lowest BCUT2D eigenvalue weighted by Gasteiger charge is -2.26. The minimum Gasteiger partial charge on any atom is -0.486 e. The third-order valence-electron chi connectivity index (χ3n) is 4.49. The van der Waals surface area contributed by atoms with E-state index in [2.05, 4.69) is 0 Å². The summed E-state index contributed by atoms with van der Waals surface area (Å²) in [5.74, 6) is 0.797. The maximum Gasteiger partial charge on any atom is 0.259 e. The summed E-state index contributed by atoms with van der Waals surface area (Å²) in [6.07, 6.45) is 1.10. The van der Waals surface area contributed by atoms with Crippen molar-refractivity contribution in [3.8, 4) is 11.5 Å². The van der Waals surface area contributed by atoms with Gasteiger partial charge >= 0.3 is 0 Å². The van der Waals surface area contributed by atoms with Crippen molar-refractivity contribution in [2.75, 3.05) is 24.4 Å². The van der Waals surface area contributed by atoms with Crippen LogP contribution in [0, 0.1) is 0 Å². The normalized spacial score (nSPS) is 13.1. The van der Waals surface area contributed by atoms with Gasteiger partial charge in [0.1, 0.15) is 13.2 Å². The van der Waals surface area contributed by atoms with Crippen LogP contribution in [0.2, 0.25) is 0 Å². The van der Waals surface area contributed by atoms with Crippen LogP contribution in [0.4, 0.5) is 5.69 Å². The van der Waals surface area contributed by atoms with Crippen molar-refractivity contribution in [2.45, 2.75) is 11.4 Å². The Balaban J connectivity index is 1.79. The van der Waals surface area contributed by atoms with Gasteiger partial charge in [-0.2, -0.15) is 0 Å². The van der Waals surface area contributed by atoms with Crippen LogP contribution in [0.25, 0.3) is 0 Å². The molecule has 6 nitrogen and oxygen atoms in total. The van der Waals surface area contributed by atoms with E-state index in [-0.39, 0.29) is 10.5 Å². The number of nitrogens with zero attached hydrogens (tertiary/aromatic N) is 1. The molecule has 150 valence electrons. The summed E-state index contributed by atoms with van der Waals surface area (Å²) in [5, 5.41) is 1.94. The molecule has 0 bridgehead atoms. The lowest BCUT2D eigenvalue weighted by molar-refractivity contribution is 0.0982. The van der Waals surface area contributed by atoms with Crippen LogP contribution in [-0.4, -0.2) is 33.8 Å². The van der Waals surface area contributed by atoms with Crippen molar-refractivity contribution in [3.63, 3.8) is 0 Å². The van der Waals surface area contributed by atoms with Crippen LogP contribution in [0.5, 0.6) is 11.5 Å². The number of sulfone groups is 1. The molecular weight excluding hydrogens is 410 g/mol. The van der Waals surface area contributed by atoms with Crippen LogP contribution in [0.1, 0.15) is 15.2 Å². The summed E-state index contributed by atoms with van der Waals surface area (Å²) in [6.45, 7) is 1.23. The lowest BCUT2D eigenvalue weighted by atomic mass is 10.1. The lowest BCUT2D eigenvalue weighted by Crippen LogP contribution is -2.31. The highest BCUT2D eigenvalue weighted by Gasteiger charge is 2.26. The highest BCUT2D eigenvalue weighted by molar-refractivity contribution is 7.90. The summed E-state index contributed by atoms with van der Waals surface area (Å²) in [5.41, 5.74) is 0.748. The van der Waals surface area contributed by atoms with Gasteiger partial charge in [-0.15, -0.1) is 11.3 Å². The van der Waals surface area contributed by atoms with Gasteiger partial charge in [0, 0.05) is 22.9 Å². The average Bonchev–Trinajstić information content (AvgIpc) is 3.24. The number of carbonyl (C=O) groups is 1. The van der Waals surface area contributed by atoms with E-state index >= 15 is 0 Å². The molecule has 0 radical (unpaired) electrons. The summed E-state index contributed by atoms with van der Waals surface area (Å²) < 4.78 is 35.7. The Morgan fingerprint density at radius 2 is 1.79 bits per heavy atom. The van der Waals surface area contributed by atoms with Crippen molar-refractivity contribution < 1.29 is 22.7 Å². The topological polar surface area (TPSA) is 72.9 Å². The highest BCUT2D eigenvalue weighted by atomic mass is 32.2. The van der Waals surface area contributed by atoms with Gasteiger partial charge in [-0.3, -0.25) is 4.79 Å². The Morgan fingerprint density at radius 1 is 1.03 bits per heavy atom. The fraction of sp³-hybridized carbons (Fsp3) is 0.190. The van der Waals surface area contributed by atoms with E-state index in [0.29, 0.717) is 36.9 Å². The third-order valence-corrected chi connectivity index (χ3v) is 6.51. The molecule has 0 spiro atoms. The first kappa shape index (κ1) is 19.5. The number of carbonyl (C=O) groups excluding carboxylic acids is 1. The number of amides is 1. The zero-order valence-electron chi connectivity index (χ0n) is 15.7. The van der Waals surface area contributed by atoms with Gasteiger partial charge in [0.25, 0.3) is 5.91 Å². The zero-order chi connectivity index (χ0) is 20.4. The first-order valence-electron chi connectivity index (χ1n) is 8.96. The standard InChI is InChI=1S/C21H19NO5S2/c1-29(24,25)20-7-3-2-6-17(20)21(23)22(14-16-5-4-12-28-16)15-8-9-18-19(13-15)27-11-10-26-18/h2-9,12-13H,10-11,14H2,1H3. The minimum absolute atomic E-state index is 0.0127. The van der Waals surface area contributed by atoms with Crippen LogP contribution >= 0.6 is 11.3 Å². The maximum absolute atomic E-state index is 13.5. The molecule has 0 unspecified atom stereocenters. The molecule has 29 heavy (non-hydrogen) atoms. The molecular formula is C21H19NO5S2. The molecule has 3 aromatic rings. The van der Waals surface area contributed by atoms with Crippen molar-refractivity contribution >= 4 is 32.8 Å². The molecule has 0 fully saturated rings. The number of anilines is 1. The Hall–Kier alpha value is -2.84.